The van der Waals surface area contributed by atoms with E-state index in [2.05, 4.69) is 34.1 Å². The van der Waals surface area contributed by atoms with E-state index in [-0.39, 0.29) is 0 Å². The van der Waals surface area contributed by atoms with E-state index < -0.39 is 0 Å². The molecule has 2 rings (SSSR count). The van der Waals surface area contributed by atoms with E-state index in [1.165, 1.54) is 0 Å². The van der Waals surface area contributed by atoms with Crippen LogP contribution in [0.2, 0.25) is 0 Å². The number of hydrogen-bond acceptors (Lipinski definition) is 4. The largest absolute Gasteiger partial charge is 0.308 e. The van der Waals surface area contributed by atoms with Crippen molar-refractivity contribution in [3.05, 3.63) is 42.1 Å². The second-order valence-electron chi connectivity index (χ2n) is 4.58. The van der Waals surface area contributed by atoms with Crippen LogP contribution < -0.4 is 5.32 Å². The average molecular weight is 242 g/mol. The Labute approximate surface area is 108 Å². The molecule has 0 unspecified atom stereocenters. The predicted octanol–water partition coefficient (Wildman–Crippen LogP) is 2.35. The van der Waals surface area contributed by atoms with Gasteiger partial charge in [-0.3, -0.25) is 4.98 Å². The summed E-state index contributed by atoms with van der Waals surface area (Å²) >= 11 is 0. The van der Waals surface area contributed by atoms with E-state index in [1.54, 1.807) is 12.4 Å². The molecule has 4 heteroatoms. The van der Waals surface area contributed by atoms with Crippen LogP contribution in [-0.4, -0.2) is 21.0 Å². The fraction of sp³-hybridized carbons (Fsp3) is 0.357. The van der Waals surface area contributed by atoms with Gasteiger partial charge in [0.05, 0.1) is 12.2 Å². The van der Waals surface area contributed by atoms with Gasteiger partial charge in [-0.2, -0.15) is 0 Å². The molecule has 0 spiro atoms. The molecule has 1 N–H and O–H groups in total. The van der Waals surface area contributed by atoms with Crippen molar-refractivity contribution >= 4 is 0 Å². The molecule has 2 heterocycles. The second kappa shape index (κ2) is 5.69. The van der Waals surface area contributed by atoms with Gasteiger partial charge in [0, 0.05) is 29.7 Å². The van der Waals surface area contributed by atoms with Crippen LogP contribution in [0.1, 0.15) is 25.4 Å². The van der Waals surface area contributed by atoms with Crippen LogP contribution in [0.4, 0.5) is 0 Å². The maximum absolute atomic E-state index is 4.57. The minimum atomic E-state index is 0.429. The van der Waals surface area contributed by atoms with E-state index >= 15 is 0 Å². The number of pyridine rings is 1. The summed E-state index contributed by atoms with van der Waals surface area (Å²) in [7, 11) is 0. The zero-order chi connectivity index (χ0) is 13.0. The highest BCUT2D eigenvalue weighted by atomic mass is 15.0. The first-order chi connectivity index (χ1) is 8.65. The van der Waals surface area contributed by atoms with Crippen molar-refractivity contribution in [3.63, 3.8) is 0 Å². The summed E-state index contributed by atoms with van der Waals surface area (Å²) in [5, 5.41) is 3.33. The molecule has 2 aromatic rings. The van der Waals surface area contributed by atoms with Gasteiger partial charge >= 0.3 is 0 Å². The smallest absolute Gasteiger partial charge is 0.143 e. The molecule has 0 aromatic carbocycles. The fourth-order valence-corrected chi connectivity index (χ4v) is 1.68. The number of nitrogens with zero attached hydrogens (tertiary/aromatic N) is 3. The van der Waals surface area contributed by atoms with Crippen molar-refractivity contribution in [2.75, 3.05) is 0 Å². The summed E-state index contributed by atoms with van der Waals surface area (Å²) < 4.78 is 0. The molecule has 0 aliphatic carbocycles. The van der Waals surface area contributed by atoms with E-state index in [0.717, 1.165) is 22.8 Å². The Hall–Kier alpha value is -1.81. The Morgan fingerprint density at radius 1 is 1.17 bits per heavy atom. The lowest BCUT2D eigenvalue weighted by Gasteiger charge is -2.09. The molecule has 94 valence electrons. The summed E-state index contributed by atoms with van der Waals surface area (Å²) in [6.45, 7) is 6.90. The van der Waals surface area contributed by atoms with Crippen LogP contribution in [0.5, 0.6) is 0 Å². The van der Waals surface area contributed by atoms with E-state index in [9.17, 15) is 0 Å². The Morgan fingerprint density at radius 3 is 2.56 bits per heavy atom. The van der Waals surface area contributed by atoms with Gasteiger partial charge in [-0.15, -0.1) is 0 Å². The molecule has 0 fully saturated rings. The molecule has 0 bridgehead atoms. The highest BCUT2D eigenvalue weighted by Crippen LogP contribution is 2.16. The molecule has 0 saturated carbocycles. The zero-order valence-corrected chi connectivity index (χ0v) is 11.0. The molecule has 2 aromatic heterocycles. The molecule has 0 amide bonds. The number of aryl methyl sites for hydroxylation is 1. The first kappa shape index (κ1) is 12.6. The quantitative estimate of drug-likeness (QED) is 0.894. The normalized spacial score (nSPS) is 10.9. The van der Waals surface area contributed by atoms with E-state index in [1.807, 2.05) is 25.1 Å². The summed E-state index contributed by atoms with van der Waals surface area (Å²) in [5.41, 5.74) is 3.00. The Kier molecular flexibility index (Phi) is 3.99. The number of hydrogen-bond donors (Lipinski definition) is 1. The molecule has 18 heavy (non-hydrogen) atoms. The first-order valence-electron chi connectivity index (χ1n) is 6.13. The summed E-state index contributed by atoms with van der Waals surface area (Å²) in [6, 6.07) is 6.34. The Morgan fingerprint density at radius 2 is 1.89 bits per heavy atom. The molecule has 0 aliphatic rings. The van der Waals surface area contributed by atoms with Crippen LogP contribution in [0, 0.1) is 6.92 Å². The summed E-state index contributed by atoms with van der Waals surface area (Å²) in [4.78, 5) is 13.0. The van der Waals surface area contributed by atoms with E-state index in [0.29, 0.717) is 12.6 Å². The minimum Gasteiger partial charge on any atom is -0.308 e. The Bertz CT molecular complexity index is 508. The number of nitrogens with one attached hydrogen (secondary N) is 1. The molecule has 0 aliphatic heterocycles. The average Bonchev–Trinajstić information content (AvgIpc) is 2.37. The van der Waals surface area contributed by atoms with Gasteiger partial charge in [0.25, 0.3) is 0 Å². The summed E-state index contributed by atoms with van der Waals surface area (Å²) in [6.07, 6.45) is 3.55. The van der Waals surface area contributed by atoms with Crippen molar-refractivity contribution in [1.29, 1.82) is 0 Å². The third-order valence-corrected chi connectivity index (χ3v) is 2.55. The first-order valence-corrected chi connectivity index (χ1v) is 6.13. The Balaban J connectivity index is 2.27. The highest BCUT2D eigenvalue weighted by Gasteiger charge is 2.05. The van der Waals surface area contributed by atoms with Crippen LogP contribution in [-0.2, 0) is 6.54 Å². The van der Waals surface area contributed by atoms with Gasteiger partial charge < -0.3 is 5.32 Å². The highest BCUT2D eigenvalue weighted by molar-refractivity contribution is 5.58. The molecule has 0 radical (unpaired) electrons. The maximum Gasteiger partial charge on any atom is 0.143 e. The van der Waals surface area contributed by atoms with Crippen molar-refractivity contribution in [2.24, 2.45) is 0 Å². The third-order valence-electron chi connectivity index (χ3n) is 2.55. The number of rotatable bonds is 4. The van der Waals surface area contributed by atoms with Crippen LogP contribution >= 0.6 is 0 Å². The van der Waals surface area contributed by atoms with Crippen LogP contribution in [0.25, 0.3) is 11.3 Å². The van der Waals surface area contributed by atoms with Crippen molar-refractivity contribution < 1.29 is 0 Å². The lowest BCUT2D eigenvalue weighted by Crippen LogP contribution is -2.23. The molecular weight excluding hydrogens is 224 g/mol. The monoisotopic (exact) mass is 242 g/mol. The van der Waals surface area contributed by atoms with E-state index in [4.69, 9.17) is 0 Å². The minimum absolute atomic E-state index is 0.429. The third kappa shape index (κ3) is 3.34. The predicted molar refractivity (Wildman–Crippen MR) is 72.0 cm³/mol. The SMILES string of the molecule is Cc1cc(-c2ccncc2)nc(CNC(C)C)n1. The molecular formula is C14H18N4. The van der Waals surface area contributed by atoms with Crippen LogP contribution in [0.3, 0.4) is 0 Å². The van der Waals surface area contributed by atoms with Gasteiger partial charge in [0.1, 0.15) is 5.82 Å². The lowest BCUT2D eigenvalue weighted by atomic mass is 10.2. The molecule has 0 saturated heterocycles. The van der Waals surface area contributed by atoms with Gasteiger partial charge in [0.15, 0.2) is 0 Å². The van der Waals surface area contributed by atoms with Crippen molar-refractivity contribution in [3.8, 4) is 11.3 Å². The molecule has 0 atom stereocenters. The molecule has 4 nitrogen and oxygen atoms in total. The summed E-state index contributed by atoms with van der Waals surface area (Å²) in [5.74, 6) is 0.829. The zero-order valence-electron chi connectivity index (χ0n) is 11.0. The maximum atomic E-state index is 4.57. The topological polar surface area (TPSA) is 50.7 Å². The van der Waals surface area contributed by atoms with Crippen molar-refractivity contribution in [2.45, 2.75) is 33.4 Å². The standard InChI is InChI=1S/C14H18N4/c1-10(2)16-9-14-17-11(3)8-13(18-14)12-4-6-15-7-5-12/h4-8,10,16H,9H2,1-3H3. The van der Waals surface area contributed by atoms with Crippen molar-refractivity contribution in [1.82, 2.24) is 20.3 Å². The fourth-order valence-electron chi connectivity index (χ4n) is 1.68. The van der Waals surface area contributed by atoms with Crippen LogP contribution in [0.15, 0.2) is 30.6 Å². The second-order valence-corrected chi connectivity index (χ2v) is 4.58. The number of aromatic nitrogens is 3. The lowest BCUT2D eigenvalue weighted by molar-refractivity contribution is 0.571. The van der Waals surface area contributed by atoms with Gasteiger partial charge in [-0.1, -0.05) is 13.8 Å². The van der Waals surface area contributed by atoms with Gasteiger partial charge in [0.2, 0.25) is 0 Å². The van der Waals surface area contributed by atoms with Gasteiger partial charge in [-0.25, -0.2) is 9.97 Å². The van der Waals surface area contributed by atoms with Gasteiger partial charge in [-0.05, 0) is 25.1 Å².